The second kappa shape index (κ2) is 15.1. The van der Waals surface area contributed by atoms with Crippen LogP contribution in [0.3, 0.4) is 0 Å². The number of aliphatic hydroxyl groups is 1. The van der Waals surface area contributed by atoms with Gasteiger partial charge in [-0.25, -0.2) is 18.7 Å². The first-order valence-electron chi connectivity index (χ1n) is 17.4. The van der Waals surface area contributed by atoms with Gasteiger partial charge in [0, 0.05) is 43.5 Å². The largest absolute Gasteiger partial charge is 0.480 e. The van der Waals surface area contributed by atoms with Crippen LogP contribution in [-0.4, -0.2) is 76.5 Å². The lowest BCUT2D eigenvalue weighted by molar-refractivity contribution is -0.143. The van der Waals surface area contributed by atoms with E-state index in [-0.39, 0.29) is 38.6 Å². The topological polar surface area (TPSA) is 170 Å². The number of rotatable bonds is 11. The molecule has 0 bridgehead atoms. The minimum Gasteiger partial charge on any atom is -0.480 e. The summed E-state index contributed by atoms with van der Waals surface area (Å²) in [7, 11) is 0. The van der Waals surface area contributed by atoms with Crippen molar-refractivity contribution >= 4 is 63.3 Å². The van der Waals surface area contributed by atoms with Gasteiger partial charge in [0.1, 0.15) is 11.1 Å². The molecule has 0 aliphatic carbocycles. The SMILES string of the molecule is CC(C)(NC1CCCn2nc(C(=O)Nc3cccc(-c4cccc(Nc5nc(C(F)F)nc6cc(CN7CC[C@@H](O)C7)cnc56)c4Cl)c3Cl)cc21)C(=O)O. The number of fused-ring (bicyclic) bond motifs is 2. The number of aryl methyl sites for hydroxylation is 1. The maximum atomic E-state index is 14.0. The Balaban J connectivity index is 1.14. The van der Waals surface area contributed by atoms with Gasteiger partial charge in [0.15, 0.2) is 17.3 Å². The molecule has 5 aromatic rings. The Labute approximate surface area is 318 Å². The molecule has 13 nitrogen and oxygen atoms in total. The molecule has 1 unspecified atom stereocenters. The van der Waals surface area contributed by atoms with E-state index in [0.29, 0.717) is 67.2 Å². The number of hydrogen-bond acceptors (Lipinski definition) is 10. The summed E-state index contributed by atoms with van der Waals surface area (Å²) < 4.78 is 29.7. The van der Waals surface area contributed by atoms with Gasteiger partial charge in [-0.05, 0) is 62.9 Å². The molecular formula is C37H37Cl2F2N9O4. The summed E-state index contributed by atoms with van der Waals surface area (Å²) in [4.78, 5) is 39.9. The van der Waals surface area contributed by atoms with E-state index in [1.807, 2.05) is 0 Å². The number of nitrogens with zero attached hydrogens (tertiary/aromatic N) is 6. The van der Waals surface area contributed by atoms with Crippen LogP contribution in [0.25, 0.3) is 22.2 Å². The van der Waals surface area contributed by atoms with E-state index in [9.17, 15) is 28.6 Å². The number of nitrogens with one attached hydrogen (secondary N) is 3. The van der Waals surface area contributed by atoms with E-state index < -0.39 is 35.8 Å². The molecule has 1 saturated heterocycles. The minimum absolute atomic E-state index is 0.0383. The number of pyridine rings is 1. The molecule has 5 heterocycles. The Kier molecular flexibility index (Phi) is 10.5. The highest BCUT2D eigenvalue weighted by Gasteiger charge is 2.34. The lowest BCUT2D eigenvalue weighted by atomic mass is 9.98. The van der Waals surface area contributed by atoms with E-state index in [2.05, 4.69) is 40.9 Å². The van der Waals surface area contributed by atoms with E-state index in [4.69, 9.17) is 23.2 Å². The zero-order valence-electron chi connectivity index (χ0n) is 29.3. The maximum Gasteiger partial charge on any atom is 0.323 e. The Hall–Kier alpha value is -4.80. The van der Waals surface area contributed by atoms with Crippen molar-refractivity contribution in [1.29, 1.82) is 0 Å². The van der Waals surface area contributed by atoms with Crippen molar-refractivity contribution in [3.8, 4) is 11.1 Å². The number of hydrogen-bond donors (Lipinski definition) is 5. The van der Waals surface area contributed by atoms with Crippen LogP contribution < -0.4 is 16.0 Å². The van der Waals surface area contributed by atoms with Crippen LogP contribution in [0.15, 0.2) is 54.7 Å². The number of aromatic nitrogens is 5. The molecule has 54 heavy (non-hydrogen) atoms. The van der Waals surface area contributed by atoms with Gasteiger partial charge in [0.05, 0.1) is 44.8 Å². The van der Waals surface area contributed by atoms with Gasteiger partial charge in [0.2, 0.25) is 0 Å². The van der Waals surface area contributed by atoms with Crippen molar-refractivity contribution in [2.24, 2.45) is 0 Å². The van der Waals surface area contributed by atoms with Crippen LogP contribution in [0.2, 0.25) is 10.0 Å². The third-order valence-electron chi connectivity index (χ3n) is 9.58. The van der Waals surface area contributed by atoms with Crippen molar-refractivity contribution in [3.05, 3.63) is 87.5 Å². The van der Waals surface area contributed by atoms with Gasteiger partial charge in [-0.1, -0.05) is 47.5 Å². The number of carbonyl (C=O) groups is 2. The number of carboxylic acid groups (broad SMARTS) is 1. The van der Waals surface area contributed by atoms with Crippen LogP contribution in [0.5, 0.6) is 0 Å². The number of aliphatic carboxylic acids is 1. The molecule has 2 aliphatic rings. The minimum atomic E-state index is -2.94. The van der Waals surface area contributed by atoms with Crippen molar-refractivity contribution in [2.75, 3.05) is 23.7 Å². The fourth-order valence-corrected chi connectivity index (χ4v) is 7.34. The summed E-state index contributed by atoms with van der Waals surface area (Å²) >= 11 is 13.8. The van der Waals surface area contributed by atoms with Crippen molar-refractivity contribution in [1.82, 2.24) is 34.9 Å². The number of benzene rings is 2. The predicted octanol–water partition coefficient (Wildman–Crippen LogP) is 6.98. The highest BCUT2D eigenvalue weighted by atomic mass is 35.5. The molecule has 1 amide bonds. The summed E-state index contributed by atoms with van der Waals surface area (Å²) in [6, 6.07) is 13.2. The first-order chi connectivity index (χ1) is 25.8. The third kappa shape index (κ3) is 7.72. The number of β-amino-alcohol motifs (C(OH)–C–C–N with tert-alkyl or cyclic N) is 1. The van der Waals surface area contributed by atoms with Crippen molar-refractivity contribution in [3.63, 3.8) is 0 Å². The second-order valence-electron chi connectivity index (χ2n) is 14.0. The van der Waals surface area contributed by atoms with Crippen LogP contribution >= 0.6 is 23.2 Å². The Morgan fingerprint density at radius 3 is 2.43 bits per heavy atom. The monoisotopic (exact) mass is 779 g/mol. The van der Waals surface area contributed by atoms with Gasteiger partial charge in [-0.3, -0.25) is 29.5 Å². The van der Waals surface area contributed by atoms with Gasteiger partial charge in [-0.2, -0.15) is 5.10 Å². The highest BCUT2D eigenvalue weighted by Crippen LogP contribution is 2.41. The van der Waals surface area contributed by atoms with E-state index in [0.717, 1.165) is 12.0 Å². The second-order valence-corrected chi connectivity index (χ2v) is 14.7. The first-order valence-corrected chi connectivity index (χ1v) is 18.1. The number of carboxylic acids is 1. The molecule has 5 N–H and O–H groups in total. The summed E-state index contributed by atoms with van der Waals surface area (Å²) in [5.74, 6) is -2.13. The molecule has 1 fully saturated rings. The normalized spacial score (nSPS) is 17.6. The molecule has 17 heteroatoms. The van der Waals surface area contributed by atoms with Crippen LogP contribution in [0.4, 0.5) is 26.0 Å². The number of halogens is 4. The third-order valence-corrected chi connectivity index (χ3v) is 10.4. The number of amides is 1. The highest BCUT2D eigenvalue weighted by molar-refractivity contribution is 6.39. The number of aliphatic hydroxyl groups excluding tert-OH is 1. The predicted molar refractivity (Wildman–Crippen MR) is 200 cm³/mol. The molecule has 2 aromatic carbocycles. The summed E-state index contributed by atoms with van der Waals surface area (Å²) in [6.07, 6.45) is 0.408. The lowest BCUT2D eigenvalue weighted by Gasteiger charge is -2.31. The lowest BCUT2D eigenvalue weighted by Crippen LogP contribution is -2.49. The van der Waals surface area contributed by atoms with Gasteiger partial charge in [-0.15, -0.1) is 0 Å². The smallest absolute Gasteiger partial charge is 0.323 e. The van der Waals surface area contributed by atoms with Gasteiger partial charge >= 0.3 is 5.97 Å². The number of likely N-dealkylation sites (tertiary alicyclic amines) is 1. The Bertz CT molecular complexity index is 2250. The number of anilines is 3. The fourth-order valence-electron chi connectivity index (χ4n) is 6.79. The molecule has 282 valence electrons. The molecule has 7 rings (SSSR count). The average Bonchev–Trinajstić information content (AvgIpc) is 3.76. The van der Waals surface area contributed by atoms with E-state index >= 15 is 0 Å². The number of carbonyl (C=O) groups excluding carboxylic acids is 1. The fraction of sp³-hybridized carbons (Fsp3) is 0.351. The summed E-state index contributed by atoms with van der Waals surface area (Å²) in [5.41, 5.74) is 2.56. The molecule has 3 aromatic heterocycles. The van der Waals surface area contributed by atoms with E-state index in [1.54, 1.807) is 73.3 Å². The van der Waals surface area contributed by atoms with Gasteiger partial charge in [0.25, 0.3) is 12.3 Å². The zero-order valence-corrected chi connectivity index (χ0v) is 30.8. The van der Waals surface area contributed by atoms with Crippen LogP contribution in [-0.2, 0) is 17.9 Å². The molecule has 0 radical (unpaired) electrons. The van der Waals surface area contributed by atoms with Crippen LogP contribution in [0.1, 0.15) is 73.1 Å². The summed E-state index contributed by atoms with van der Waals surface area (Å²) in [5, 5.41) is 33.5. The molecular weight excluding hydrogens is 743 g/mol. The first kappa shape index (κ1) is 37.5. The molecule has 0 saturated carbocycles. The van der Waals surface area contributed by atoms with Crippen LogP contribution in [0, 0.1) is 0 Å². The molecule has 2 atom stereocenters. The van der Waals surface area contributed by atoms with Gasteiger partial charge < -0.3 is 20.8 Å². The maximum absolute atomic E-state index is 14.0. The standard InChI is InChI=1S/C37H37Cl2F2N9O4/c1-37(2,36(53)54)47-23-10-5-12-50-28(23)15-27(48-50)35(52)45-25-9-4-7-22(30(25)39)21-6-3-8-24(29(21)38)43-33-31-26(44-34(46-33)32(40)41)14-19(16-42-31)17-49-13-11-20(51)18-49/h3-4,6-9,14-16,20,23,32,47,51H,5,10-13,17-18H2,1-2H3,(H,45,52)(H,53,54)(H,43,44,46)/t20-,23?/m1/s1. The number of alkyl halides is 2. The van der Waals surface area contributed by atoms with Crippen molar-refractivity contribution in [2.45, 2.75) is 70.3 Å². The molecule has 2 aliphatic heterocycles. The van der Waals surface area contributed by atoms with E-state index in [1.165, 1.54) is 0 Å². The molecule has 0 spiro atoms. The zero-order chi connectivity index (χ0) is 38.3. The summed E-state index contributed by atoms with van der Waals surface area (Å²) in [6.45, 7) is 5.48. The Morgan fingerprint density at radius 1 is 1.02 bits per heavy atom. The average molecular weight is 781 g/mol. The Morgan fingerprint density at radius 2 is 1.74 bits per heavy atom. The van der Waals surface area contributed by atoms with Crippen molar-refractivity contribution < 1.29 is 28.6 Å². The quantitative estimate of drug-likeness (QED) is 0.0937.